The minimum atomic E-state index is 0.0396. The van der Waals surface area contributed by atoms with Crippen LogP contribution >= 0.6 is 0 Å². The fourth-order valence-corrected chi connectivity index (χ4v) is 2.54. The minimum absolute atomic E-state index is 0.0396. The number of carbonyl (C=O) groups excluding carboxylic acids is 1. The van der Waals surface area contributed by atoms with Crippen LogP contribution in [0.25, 0.3) is 0 Å². The van der Waals surface area contributed by atoms with Crippen molar-refractivity contribution in [3.05, 3.63) is 11.9 Å². The topological polar surface area (TPSA) is 96.2 Å². The molecule has 0 radical (unpaired) electrons. The van der Waals surface area contributed by atoms with Crippen molar-refractivity contribution in [2.45, 2.75) is 26.7 Å². The van der Waals surface area contributed by atoms with Crippen molar-refractivity contribution in [2.75, 3.05) is 30.0 Å². The van der Waals surface area contributed by atoms with Gasteiger partial charge in [-0.1, -0.05) is 0 Å². The Balaban J connectivity index is 1.95. The summed E-state index contributed by atoms with van der Waals surface area (Å²) in [7, 11) is 0. The molecule has 1 fully saturated rings. The number of nitrogens with two attached hydrogens (primary N) is 1. The van der Waals surface area contributed by atoms with Crippen LogP contribution in [0.2, 0.25) is 0 Å². The molecule has 0 aliphatic carbocycles. The Morgan fingerprint density at radius 1 is 1.45 bits per heavy atom. The molecular formula is C13H22N6O. The van der Waals surface area contributed by atoms with Gasteiger partial charge in [-0.25, -0.2) is 15.8 Å². The summed E-state index contributed by atoms with van der Waals surface area (Å²) in [6, 6.07) is 0. The van der Waals surface area contributed by atoms with Crippen LogP contribution in [0, 0.1) is 12.8 Å². The maximum Gasteiger partial charge on any atom is 0.216 e. The zero-order valence-corrected chi connectivity index (χ0v) is 12.0. The fraction of sp³-hybridized carbons (Fsp3) is 0.615. The second-order valence-corrected chi connectivity index (χ2v) is 5.18. The van der Waals surface area contributed by atoms with Crippen molar-refractivity contribution in [3.8, 4) is 0 Å². The molecule has 1 aromatic rings. The number of aromatic nitrogens is 2. The molecule has 1 saturated heterocycles. The lowest BCUT2D eigenvalue weighted by molar-refractivity contribution is -0.119. The van der Waals surface area contributed by atoms with Crippen molar-refractivity contribution in [3.63, 3.8) is 0 Å². The van der Waals surface area contributed by atoms with E-state index in [1.807, 2.05) is 6.92 Å². The van der Waals surface area contributed by atoms with E-state index in [9.17, 15) is 4.79 Å². The van der Waals surface area contributed by atoms with Crippen LogP contribution in [-0.2, 0) is 4.79 Å². The van der Waals surface area contributed by atoms with Gasteiger partial charge in [-0.15, -0.1) is 0 Å². The van der Waals surface area contributed by atoms with Crippen LogP contribution in [0.15, 0.2) is 6.33 Å². The molecule has 0 saturated carbocycles. The molecule has 1 aliphatic rings. The van der Waals surface area contributed by atoms with Crippen LogP contribution in [0.5, 0.6) is 0 Å². The highest BCUT2D eigenvalue weighted by Gasteiger charge is 2.22. The number of hydrogen-bond acceptors (Lipinski definition) is 6. The molecule has 0 atom stereocenters. The molecule has 1 aromatic heterocycles. The predicted octanol–water partition coefficient (Wildman–Crippen LogP) is 0.423. The summed E-state index contributed by atoms with van der Waals surface area (Å²) in [5.74, 6) is 7.62. The summed E-state index contributed by atoms with van der Waals surface area (Å²) in [5, 5.41) is 2.89. The molecule has 7 nitrogen and oxygen atoms in total. The molecule has 110 valence electrons. The van der Waals surface area contributed by atoms with Crippen molar-refractivity contribution in [2.24, 2.45) is 11.8 Å². The maximum absolute atomic E-state index is 10.9. The number of anilines is 2. The predicted molar refractivity (Wildman–Crippen MR) is 78.2 cm³/mol. The van der Waals surface area contributed by atoms with Crippen LogP contribution in [0.4, 0.5) is 11.6 Å². The van der Waals surface area contributed by atoms with E-state index in [4.69, 9.17) is 5.84 Å². The summed E-state index contributed by atoms with van der Waals surface area (Å²) in [5.41, 5.74) is 3.56. The maximum atomic E-state index is 10.9. The number of nitrogens with zero attached hydrogens (tertiary/aromatic N) is 3. The third-order valence-electron chi connectivity index (χ3n) is 3.75. The molecule has 1 aliphatic heterocycles. The van der Waals surface area contributed by atoms with E-state index >= 15 is 0 Å². The van der Waals surface area contributed by atoms with E-state index in [0.29, 0.717) is 11.7 Å². The van der Waals surface area contributed by atoms with E-state index in [0.717, 1.165) is 43.9 Å². The second kappa shape index (κ2) is 6.51. The molecule has 0 unspecified atom stereocenters. The minimum Gasteiger partial charge on any atom is -0.356 e. The van der Waals surface area contributed by atoms with Gasteiger partial charge in [0.05, 0.1) is 0 Å². The highest BCUT2D eigenvalue weighted by Crippen LogP contribution is 2.26. The Hall–Kier alpha value is -1.89. The molecule has 2 heterocycles. The number of hydrogen-bond donors (Lipinski definition) is 3. The summed E-state index contributed by atoms with van der Waals surface area (Å²) < 4.78 is 0. The third kappa shape index (κ3) is 3.36. The average Bonchev–Trinajstić information content (AvgIpc) is 2.46. The molecule has 0 bridgehead atoms. The number of nitrogens with one attached hydrogen (secondary N) is 2. The average molecular weight is 278 g/mol. The molecule has 20 heavy (non-hydrogen) atoms. The van der Waals surface area contributed by atoms with E-state index in [1.54, 1.807) is 6.92 Å². The lowest BCUT2D eigenvalue weighted by atomic mass is 9.96. The van der Waals surface area contributed by atoms with Crippen LogP contribution < -0.4 is 21.5 Å². The Bertz CT molecular complexity index is 470. The highest BCUT2D eigenvalue weighted by molar-refractivity contribution is 5.72. The van der Waals surface area contributed by atoms with E-state index in [-0.39, 0.29) is 5.91 Å². The lowest BCUT2D eigenvalue weighted by Crippen LogP contribution is -2.39. The quantitative estimate of drug-likeness (QED) is 0.546. The van der Waals surface area contributed by atoms with Crippen molar-refractivity contribution in [1.82, 2.24) is 15.3 Å². The van der Waals surface area contributed by atoms with E-state index < -0.39 is 0 Å². The Morgan fingerprint density at radius 2 is 2.15 bits per heavy atom. The molecule has 4 N–H and O–H groups in total. The zero-order chi connectivity index (χ0) is 14.5. The van der Waals surface area contributed by atoms with Gasteiger partial charge in [0.1, 0.15) is 18.0 Å². The molecule has 0 spiro atoms. The number of piperidine rings is 1. The van der Waals surface area contributed by atoms with Gasteiger partial charge in [0.25, 0.3) is 0 Å². The number of nitrogen functional groups attached to an aromatic ring is 1. The monoisotopic (exact) mass is 278 g/mol. The normalized spacial score (nSPS) is 16.1. The smallest absolute Gasteiger partial charge is 0.216 e. The molecule has 1 amide bonds. The van der Waals surface area contributed by atoms with Gasteiger partial charge in [0, 0.05) is 32.1 Å². The number of hydrazine groups is 1. The summed E-state index contributed by atoms with van der Waals surface area (Å²) >= 11 is 0. The Morgan fingerprint density at radius 3 is 2.75 bits per heavy atom. The van der Waals surface area contributed by atoms with Gasteiger partial charge in [0.2, 0.25) is 5.91 Å². The Kier molecular flexibility index (Phi) is 4.73. The summed E-state index contributed by atoms with van der Waals surface area (Å²) in [6.45, 7) is 6.16. The van der Waals surface area contributed by atoms with Crippen molar-refractivity contribution < 1.29 is 4.79 Å². The van der Waals surface area contributed by atoms with Crippen LogP contribution in [-0.4, -0.2) is 35.5 Å². The Labute approximate surface area is 118 Å². The number of amides is 1. The van der Waals surface area contributed by atoms with Gasteiger partial charge >= 0.3 is 0 Å². The zero-order valence-electron chi connectivity index (χ0n) is 12.0. The number of rotatable bonds is 4. The van der Waals surface area contributed by atoms with Gasteiger partial charge in [0.15, 0.2) is 0 Å². The third-order valence-corrected chi connectivity index (χ3v) is 3.75. The van der Waals surface area contributed by atoms with Gasteiger partial charge < -0.3 is 15.6 Å². The first-order valence-corrected chi connectivity index (χ1v) is 6.89. The second-order valence-electron chi connectivity index (χ2n) is 5.18. The fourth-order valence-electron chi connectivity index (χ4n) is 2.54. The standard InChI is InChI=1S/C13H22N6O/c1-9-12(18-14)16-8-17-13(9)19-5-3-11(4-6-19)7-15-10(2)20/h8,11H,3-7,14H2,1-2H3,(H,15,20)(H,16,17,18). The van der Waals surface area contributed by atoms with Crippen LogP contribution in [0.3, 0.4) is 0 Å². The lowest BCUT2D eigenvalue weighted by Gasteiger charge is -2.33. The van der Waals surface area contributed by atoms with Gasteiger partial charge in [-0.05, 0) is 25.7 Å². The van der Waals surface area contributed by atoms with E-state index in [2.05, 4.69) is 25.6 Å². The SMILES string of the molecule is CC(=O)NCC1CCN(c2ncnc(NN)c2C)CC1. The van der Waals surface area contributed by atoms with Gasteiger partial charge in [-0.3, -0.25) is 4.79 Å². The largest absolute Gasteiger partial charge is 0.356 e. The first kappa shape index (κ1) is 14.5. The summed E-state index contributed by atoms with van der Waals surface area (Å²) in [4.78, 5) is 21.6. The van der Waals surface area contributed by atoms with Gasteiger partial charge in [-0.2, -0.15) is 0 Å². The van der Waals surface area contributed by atoms with Crippen molar-refractivity contribution >= 4 is 17.5 Å². The summed E-state index contributed by atoms with van der Waals surface area (Å²) in [6.07, 6.45) is 3.63. The van der Waals surface area contributed by atoms with Crippen LogP contribution in [0.1, 0.15) is 25.3 Å². The molecule has 7 heteroatoms. The first-order chi connectivity index (χ1) is 9.61. The van der Waals surface area contributed by atoms with E-state index in [1.165, 1.54) is 6.33 Å². The van der Waals surface area contributed by atoms with Crippen molar-refractivity contribution in [1.29, 1.82) is 0 Å². The molecule has 0 aromatic carbocycles. The first-order valence-electron chi connectivity index (χ1n) is 6.89. The highest BCUT2D eigenvalue weighted by atomic mass is 16.1. The molecule has 2 rings (SSSR count). The number of carbonyl (C=O) groups is 1. The molecular weight excluding hydrogens is 256 g/mol.